The second kappa shape index (κ2) is 6.04. The number of nitrogens with one attached hydrogen (secondary N) is 1. The SMILES string of the molecule is CN(C)c1ccc(Nc2ncnc3ccc(S(C)(=O)=O)cc23)cn1. The molecule has 0 atom stereocenters. The van der Waals surface area contributed by atoms with Gasteiger partial charge in [-0.15, -0.1) is 0 Å². The Hall–Kier alpha value is -2.74. The van der Waals surface area contributed by atoms with E-state index in [0.29, 0.717) is 16.7 Å². The van der Waals surface area contributed by atoms with Gasteiger partial charge < -0.3 is 10.2 Å². The van der Waals surface area contributed by atoms with Crippen LogP contribution >= 0.6 is 0 Å². The molecule has 0 aliphatic heterocycles. The van der Waals surface area contributed by atoms with Crippen LogP contribution in [0.3, 0.4) is 0 Å². The molecule has 0 bridgehead atoms. The van der Waals surface area contributed by atoms with Gasteiger partial charge in [-0.05, 0) is 30.3 Å². The van der Waals surface area contributed by atoms with E-state index in [1.165, 1.54) is 12.6 Å². The van der Waals surface area contributed by atoms with E-state index in [1.54, 1.807) is 24.4 Å². The Labute approximate surface area is 140 Å². The van der Waals surface area contributed by atoms with Crippen LogP contribution in [0.2, 0.25) is 0 Å². The Kier molecular flexibility index (Phi) is 4.06. The summed E-state index contributed by atoms with van der Waals surface area (Å²) in [6, 6.07) is 8.56. The molecule has 3 aromatic rings. The molecule has 8 heteroatoms. The second-order valence-corrected chi connectivity index (χ2v) is 7.61. The highest BCUT2D eigenvalue weighted by atomic mass is 32.2. The third-order valence-corrected chi connectivity index (χ3v) is 4.61. The van der Waals surface area contributed by atoms with Gasteiger partial charge in [0.1, 0.15) is 18.0 Å². The lowest BCUT2D eigenvalue weighted by Gasteiger charge is -2.12. The lowest BCUT2D eigenvalue weighted by molar-refractivity contribution is 0.602. The van der Waals surface area contributed by atoms with Crippen molar-refractivity contribution in [3.63, 3.8) is 0 Å². The summed E-state index contributed by atoms with van der Waals surface area (Å²) in [6.45, 7) is 0. The van der Waals surface area contributed by atoms with E-state index in [4.69, 9.17) is 0 Å². The maximum absolute atomic E-state index is 11.8. The zero-order chi connectivity index (χ0) is 17.3. The monoisotopic (exact) mass is 343 g/mol. The van der Waals surface area contributed by atoms with Gasteiger partial charge in [-0.2, -0.15) is 0 Å². The van der Waals surface area contributed by atoms with Gasteiger partial charge in [0.25, 0.3) is 0 Å². The standard InChI is InChI=1S/C16H17N5O2S/c1-21(2)15-7-4-11(9-17-15)20-16-13-8-12(24(3,22)23)5-6-14(13)18-10-19-16/h4-10H,1-3H3,(H,18,19,20). The smallest absolute Gasteiger partial charge is 0.175 e. The van der Waals surface area contributed by atoms with Crippen molar-refractivity contribution < 1.29 is 8.42 Å². The Bertz CT molecular complexity index is 985. The van der Waals surface area contributed by atoms with Crippen molar-refractivity contribution in [3.05, 3.63) is 42.9 Å². The van der Waals surface area contributed by atoms with E-state index >= 15 is 0 Å². The van der Waals surface area contributed by atoms with Gasteiger partial charge in [-0.1, -0.05) is 0 Å². The highest BCUT2D eigenvalue weighted by Crippen LogP contribution is 2.25. The maximum Gasteiger partial charge on any atom is 0.175 e. The molecule has 124 valence electrons. The number of rotatable bonds is 4. The molecule has 1 N–H and O–H groups in total. The Morgan fingerprint density at radius 1 is 1.04 bits per heavy atom. The number of hydrogen-bond acceptors (Lipinski definition) is 7. The van der Waals surface area contributed by atoms with Gasteiger partial charge in [0, 0.05) is 25.7 Å². The predicted octanol–water partition coefficient (Wildman–Crippen LogP) is 2.24. The number of benzene rings is 1. The summed E-state index contributed by atoms with van der Waals surface area (Å²) < 4.78 is 23.5. The molecule has 0 unspecified atom stereocenters. The fourth-order valence-corrected chi connectivity index (χ4v) is 2.87. The average Bonchev–Trinajstić information content (AvgIpc) is 2.54. The first-order valence-electron chi connectivity index (χ1n) is 7.20. The minimum Gasteiger partial charge on any atom is -0.363 e. The van der Waals surface area contributed by atoms with Crippen LogP contribution in [0, 0.1) is 0 Å². The highest BCUT2D eigenvalue weighted by Gasteiger charge is 2.11. The second-order valence-electron chi connectivity index (χ2n) is 5.60. The highest BCUT2D eigenvalue weighted by molar-refractivity contribution is 7.90. The van der Waals surface area contributed by atoms with E-state index in [2.05, 4.69) is 20.3 Å². The van der Waals surface area contributed by atoms with Crippen LogP contribution in [0.25, 0.3) is 10.9 Å². The molecular formula is C16H17N5O2S. The molecule has 24 heavy (non-hydrogen) atoms. The van der Waals surface area contributed by atoms with Crippen LogP contribution in [0.4, 0.5) is 17.3 Å². The minimum absolute atomic E-state index is 0.230. The summed E-state index contributed by atoms with van der Waals surface area (Å²) in [4.78, 5) is 14.9. The first kappa shape index (κ1) is 16.1. The number of hydrogen-bond donors (Lipinski definition) is 1. The molecule has 2 aromatic heterocycles. The topological polar surface area (TPSA) is 88.1 Å². The summed E-state index contributed by atoms with van der Waals surface area (Å²) >= 11 is 0. The minimum atomic E-state index is -3.30. The van der Waals surface area contributed by atoms with Crippen LogP contribution in [0.5, 0.6) is 0 Å². The van der Waals surface area contributed by atoms with E-state index in [-0.39, 0.29) is 4.90 Å². The molecule has 1 aromatic carbocycles. The summed E-state index contributed by atoms with van der Waals surface area (Å²) in [7, 11) is 0.533. The van der Waals surface area contributed by atoms with Crippen LogP contribution in [-0.4, -0.2) is 43.7 Å². The van der Waals surface area contributed by atoms with Crippen molar-refractivity contribution in [3.8, 4) is 0 Å². The third-order valence-electron chi connectivity index (χ3n) is 3.50. The maximum atomic E-state index is 11.8. The molecular weight excluding hydrogens is 326 g/mol. The van der Waals surface area contributed by atoms with Crippen molar-refractivity contribution in [2.24, 2.45) is 0 Å². The van der Waals surface area contributed by atoms with Gasteiger partial charge in [0.15, 0.2) is 9.84 Å². The molecule has 0 fully saturated rings. The Balaban J connectivity index is 2.02. The van der Waals surface area contributed by atoms with Gasteiger partial charge in [-0.25, -0.2) is 23.4 Å². The molecule has 0 radical (unpaired) electrons. The third kappa shape index (κ3) is 3.28. The number of anilines is 3. The molecule has 0 spiro atoms. The first-order valence-corrected chi connectivity index (χ1v) is 9.09. The van der Waals surface area contributed by atoms with Crippen LogP contribution in [-0.2, 0) is 9.84 Å². The normalized spacial score (nSPS) is 11.5. The molecule has 0 aliphatic rings. The van der Waals surface area contributed by atoms with Crippen molar-refractivity contribution in [2.45, 2.75) is 4.90 Å². The lowest BCUT2D eigenvalue weighted by Crippen LogP contribution is -2.10. The van der Waals surface area contributed by atoms with Crippen molar-refractivity contribution >= 4 is 38.1 Å². The number of fused-ring (bicyclic) bond motifs is 1. The van der Waals surface area contributed by atoms with E-state index in [0.717, 1.165) is 11.5 Å². The largest absolute Gasteiger partial charge is 0.363 e. The summed E-state index contributed by atoms with van der Waals surface area (Å²) in [5, 5.41) is 3.80. The van der Waals surface area contributed by atoms with Crippen LogP contribution in [0.1, 0.15) is 0 Å². The van der Waals surface area contributed by atoms with Gasteiger partial charge >= 0.3 is 0 Å². The summed E-state index contributed by atoms with van der Waals surface area (Å²) in [6.07, 6.45) is 4.31. The number of nitrogens with zero attached hydrogens (tertiary/aromatic N) is 4. The van der Waals surface area contributed by atoms with Crippen LogP contribution in [0.15, 0.2) is 47.8 Å². The van der Waals surface area contributed by atoms with Crippen molar-refractivity contribution in [2.75, 3.05) is 30.6 Å². The van der Waals surface area contributed by atoms with E-state index in [1.807, 2.05) is 31.1 Å². The van der Waals surface area contributed by atoms with Gasteiger partial charge in [0.05, 0.1) is 22.3 Å². The van der Waals surface area contributed by atoms with Crippen molar-refractivity contribution in [1.29, 1.82) is 0 Å². The Morgan fingerprint density at radius 3 is 2.46 bits per heavy atom. The molecule has 0 aliphatic carbocycles. The molecule has 0 amide bonds. The average molecular weight is 343 g/mol. The Morgan fingerprint density at radius 2 is 1.83 bits per heavy atom. The predicted molar refractivity (Wildman–Crippen MR) is 94.5 cm³/mol. The first-order chi connectivity index (χ1) is 11.3. The van der Waals surface area contributed by atoms with Crippen molar-refractivity contribution in [1.82, 2.24) is 15.0 Å². The summed E-state index contributed by atoms with van der Waals surface area (Å²) in [5.41, 5.74) is 1.42. The van der Waals surface area contributed by atoms with Gasteiger partial charge in [0.2, 0.25) is 0 Å². The fourth-order valence-electron chi connectivity index (χ4n) is 2.23. The molecule has 2 heterocycles. The molecule has 0 saturated carbocycles. The number of pyridine rings is 1. The number of sulfone groups is 1. The summed E-state index contributed by atoms with van der Waals surface area (Å²) in [5.74, 6) is 1.37. The zero-order valence-corrected chi connectivity index (χ0v) is 14.4. The molecule has 3 rings (SSSR count). The van der Waals surface area contributed by atoms with E-state index in [9.17, 15) is 8.42 Å². The fraction of sp³-hybridized carbons (Fsp3) is 0.188. The molecule has 0 saturated heterocycles. The van der Waals surface area contributed by atoms with Crippen LogP contribution < -0.4 is 10.2 Å². The van der Waals surface area contributed by atoms with Gasteiger partial charge in [-0.3, -0.25) is 0 Å². The van der Waals surface area contributed by atoms with E-state index < -0.39 is 9.84 Å². The quantitative estimate of drug-likeness (QED) is 0.777. The zero-order valence-electron chi connectivity index (χ0n) is 13.6. The lowest BCUT2D eigenvalue weighted by atomic mass is 10.2. The molecule has 7 nitrogen and oxygen atoms in total. The number of aromatic nitrogens is 3.